The van der Waals surface area contributed by atoms with Crippen molar-refractivity contribution in [2.75, 3.05) is 0 Å². The van der Waals surface area contributed by atoms with E-state index in [0.29, 0.717) is 5.92 Å². The Hall–Kier alpha value is -1.35. The van der Waals surface area contributed by atoms with Gasteiger partial charge in [0.2, 0.25) is 0 Å². The molecule has 1 unspecified atom stereocenters. The highest BCUT2D eigenvalue weighted by Crippen LogP contribution is 2.35. The first kappa shape index (κ1) is 14.1. The number of hydrogen-bond donors (Lipinski definition) is 2. The van der Waals surface area contributed by atoms with Gasteiger partial charge in [0.25, 0.3) is 0 Å². The standard InChI is InChI=1S/C16H23NO2/c1-2-11-3-5-12(6-4-11)15(17)13-7-9-14(10-8-13)16(18)19/h3-6,13-15H,2,7-10,17H2,1H3,(H,18,19). The topological polar surface area (TPSA) is 63.3 Å². The Balaban J connectivity index is 1.96. The van der Waals surface area contributed by atoms with Crippen molar-refractivity contribution >= 4 is 5.97 Å². The van der Waals surface area contributed by atoms with E-state index < -0.39 is 5.97 Å². The Kier molecular flexibility index (Phi) is 4.59. The number of aryl methyl sites for hydroxylation is 1. The Morgan fingerprint density at radius 1 is 1.26 bits per heavy atom. The molecule has 0 aliphatic heterocycles. The van der Waals surface area contributed by atoms with E-state index in [2.05, 4.69) is 31.2 Å². The van der Waals surface area contributed by atoms with Gasteiger partial charge in [0, 0.05) is 6.04 Å². The molecule has 0 spiro atoms. The summed E-state index contributed by atoms with van der Waals surface area (Å²) in [6.45, 7) is 2.14. The molecule has 0 aromatic heterocycles. The summed E-state index contributed by atoms with van der Waals surface area (Å²) >= 11 is 0. The maximum Gasteiger partial charge on any atom is 0.306 e. The molecule has 19 heavy (non-hydrogen) atoms. The van der Waals surface area contributed by atoms with Crippen molar-refractivity contribution in [1.29, 1.82) is 0 Å². The summed E-state index contributed by atoms with van der Waals surface area (Å²) in [5, 5.41) is 9.01. The molecule has 3 heteroatoms. The second kappa shape index (κ2) is 6.20. The average molecular weight is 261 g/mol. The molecule has 2 rings (SSSR count). The van der Waals surface area contributed by atoms with Crippen LogP contribution in [0.25, 0.3) is 0 Å². The van der Waals surface area contributed by atoms with E-state index in [4.69, 9.17) is 10.8 Å². The molecule has 1 aliphatic rings. The van der Waals surface area contributed by atoms with Gasteiger partial charge in [-0.2, -0.15) is 0 Å². The van der Waals surface area contributed by atoms with Crippen molar-refractivity contribution in [2.45, 2.75) is 45.1 Å². The van der Waals surface area contributed by atoms with Gasteiger partial charge >= 0.3 is 5.97 Å². The lowest BCUT2D eigenvalue weighted by molar-refractivity contribution is -0.143. The highest BCUT2D eigenvalue weighted by Gasteiger charge is 2.29. The molecule has 0 heterocycles. The number of carboxylic acids is 1. The lowest BCUT2D eigenvalue weighted by atomic mass is 9.77. The van der Waals surface area contributed by atoms with Crippen molar-refractivity contribution in [1.82, 2.24) is 0 Å². The van der Waals surface area contributed by atoms with Crippen molar-refractivity contribution < 1.29 is 9.90 Å². The number of aliphatic carboxylic acids is 1. The van der Waals surface area contributed by atoms with Crippen molar-refractivity contribution in [3.05, 3.63) is 35.4 Å². The highest BCUT2D eigenvalue weighted by atomic mass is 16.4. The van der Waals surface area contributed by atoms with Crippen LogP contribution in [-0.4, -0.2) is 11.1 Å². The highest BCUT2D eigenvalue weighted by molar-refractivity contribution is 5.70. The number of rotatable bonds is 4. The molecule has 3 N–H and O–H groups in total. The SMILES string of the molecule is CCc1ccc(C(N)C2CCC(C(=O)O)CC2)cc1. The zero-order valence-corrected chi connectivity index (χ0v) is 11.5. The maximum absolute atomic E-state index is 10.9. The summed E-state index contributed by atoms with van der Waals surface area (Å²) in [5.41, 5.74) is 8.84. The quantitative estimate of drug-likeness (QED) is 0.875. The van der Waals surface area contributed by atoms with Crippen molar-refractivity contribution in [3.63, 3.8) is 0 Å². The smallest absolute Gasteiger partial charge is 0.306 e. The van der Waals surface area contributed by atoms with Gasteiger partial charge < -0.3 is 10.8 Å². The van der Waals surface area contributed by atoms with Crippen molar-refractivity contribution in [2.24, 2.45) is 17.6 Å². The maximum atomic E-state index is 10.9. The summed E-state index contributed by atoms with van der Waals surface area (Å²) < 4.78 is 0. The lowest BCUT2D eigenvalue weighted by Gasteiger charge is -2.30. The Bertz CT molecular complexity index is 419. The van der Waals surface area contributed by atoms with E-state index in [1.165, 1.54) is 11.1 Å². The zero-order valence-electron chi connectivity index (χ0n) is 11.5. The van der Waals surface area contributed by atoms with Crippen LogP contribution in [0, 0.1) is 11.8 Å². The first-order valence-corrected chi connectivity index (χ1v) is 7.19. The van der Waals surface area contributed by atoms with Crippen LogP contribution in [0.1, 0.15) is 49.8 Å². The third kappa shape index (κ3) is 3.35. The molecular weight excluding hydrogens is 238 g/mol. The molecule has 1 aliphatic carbocycles. The van der Waals surface area contributed by atoms with Gasteiger partial charge in [0.1, 0.15) is 0 Å². The molecule has 0 amide bonds. The largest absolute Gasteiger partial charge is 0.481 e. The number of carbonyl (C=O) groups is 1. The fraction of sp³-hybridized carbons (Fsp3) is 0.562. The van der Waals surface area contributed by atoms with Crippen LogP contribution in [0.4, 0.5) is 0 Å². The second-order valence-electron chi connectivity index (χ2n) is 5.57. The molecule has 1 saturated carbocycles. The lowest BCUT2D eigenvalue weighted by Crippen LogP contribution is -2.28. The van der Waals surface area contributed by atoms with E-state index in [1.54, 1.807) is 0 Å². The van der Waals surface area contributed by atoms with E-state index >= 15 is 0 Å². The molecule has 0 bridgehead atoms. The van der Waals surface area contributed by atoms with E-state index in [-0.39, 0.29) is 12.0 Å². The normalized spacial score (nSPS) is 24.9. The van der Waals surface area contributed by atoms with Crippen LogP contribution in [0.2, 0.25) is 0 Å². The number of hydrogen-bond acceptors (Lipinski definition) is 2. The number of benzene rings is 1. The van der Waals surface area contributed by atoms with Crippen LogP contribution in [-0.2, 0) is 11.2 Å². The second-order valence-corrected chi connectivity index (χ2v) is 5.57. The minimum Gasteiger partial charge on any atom is -0.481 e. The zero-order chi connectivity index (χ0) is 13.8. The Morgan fingerprint density at radius 3 is 2.32 bits per heavy atom. The summed E-state index contributed by atoms with van der Waals surface area (Å²) in [6.07, 6.45) is 4.42. The predicted molar refractivity (Wildman–Crippen MR) is 75.8 cm³/mol. The van der Waals surface area contributed by atoms with E-state index in [0.717, 1.165) is 32.1 Å². The van der Waals surface area contributed by atoms with Gasteiger partial charge in [-0.1, -0.05) is 31.2 Å². The molecule has 1 fully saturated rings. The fourth-order valence-electron chi connectivity index (χ4n) is 2.97. The molecule has 1 aromatic rings. The van der Waals surface area contributed by atoms with Gasteiger partial charge in [-0.25, -0.2) is 0 Å². The predicted octanol–water partition coefficient (Wildman–Crippen LogP) is 3.14. The van der Waals surface area contributed by atoms with Crippen LogP contribution in [0.15, 0.2) is 24.3 Å². The van der Waals surface area contributed by atoms with Gasteiger partial charge in [0.15, 0.2) is 0 Å². The van der Waals surface area contributed by atoms with Gasteiger partial charge in [-0.15, -0.1) is 0 Å². The number of nitrogens with two attached hydrogens (primary N) is 1. The average Bonchev–Trinajstić information content (AvgIpc) is 2.46. The number of carboxylic acid groups (broad SMARTS) is 1. The minimum absolute atomic E-state index is 0.0423. The first-order valence-electron chi connectivity index (χ1n) is 7.19. The fourth-order valence-corrected chi connectivity index (χ4v) is 2.97. The molecule has 104 valence electrons. The van der Waals surface area contributed by atoms with Crippen LogP contribution >= 0.6 is 0 Å². The monoisotopic (exact) mass is 261 g/mol. The Morgan fingerprint density at radius 2 is 1.84 bits per heavy atom. The molecular formula is C16H23NO2. The van der Waals surface area contributed by atoms with Crippen LogP contribution in [0.5, 0.6) is 0 Å². The third-order valence-electron chi connectivity index (χ3n) is 4.40. The minimum atomic E-state index is -0.653. The van der Waals surface area contributed by atoms with E-state index in [9.17, 15) is 4.79 Å². The van der Waals surface area contributed by atoms with Crippen molar-refractivity contribution in [3.8, 4) is 0 Å². The molecule has 1 atom stereocenters. The van der Waals surface area contributed by atoms with Gasteiger partial charge in [-0.05, 0) is 49.1 Å². The first-order chi connectivity index (χ1) is 9.11. The van der Waals surface area contributed by atoms with Gasteiger partial charge in [-0.3, -0.25) is 4.79 Å². The summed E-state index contributed by atoms with van der Waals surface area (Å²) in [6, 6.07) is 8.55. The van der Waals surface area contributed by atoms with Crippen LogP contribution in [0.3, 0.4) is 0 Å². The third-order valence-corrected chi connectivity index (χ3v) is 4.40. The molecule has 1 aromatic carbocycles. The summed E-state index contributed by atoms with van der Waals surface area (Å²) in [5.74, 6) is -0.395. The van der Waals surface area contributed by atoms with Gasteiger partial charge in [0.05, 0.1) is 5.92 Å². The summed E-state index contributed by atoms with van der Waals surface area (Å²) in [7, 11) is 0. The molecule has 0 saturated heterocycles. The molecule has 3 nitrogen and oxygen atoms in total. The summed E-state index contributed by atoms with van der Waals surface area (Å²) in [4.78, 5) is 10.9. The van der Waals surface area contributed by atoms with Crippen LogP contribution < -0.4 is 5.73 Å². The van der Waals surface area contributed by atoms with E-state index in [1.807, 2.05) is 0 Å². The Labute approximate surface area is 114 Å². The molecule has 0 radical (unpaired) electrons.